The monoisotopic (exact) mass is 289 g/mol. The highest BCUT2D eigenvalue weighted by Gasteiger charge is 2.10. The molecule has 2 aromatic carbocycles. The van der Waals surface area contributed by atoms with E-state index < -0.39 is 0 Å². The number of hydrogen-bond acceptors (Lipinski definition) is 2. The van der Waals surface area contributed by atoms with E-state index in [1.165, 1.54) is 5.56 Å². The minimum atomic E-state index is -0.196. The van der Waals surface area contributed by atoms with E-state index in [1.54, 1.807) is 25.3 Å². The molecule has 2 aromatic rings. The second-order valence-corrected chi connectivity index (χ2v) is 4.92. The number of aryl methyl sites for hydroxylation is 1. The van der Waals surface area contributed by atoms with Crippen LogP contribution in [0.2, 0.25) is 5.02 Å². The van der Waals surface area contributed by atoms with Crippen LogP contribution < -0.4 is 10.1 Å². The molecule has 104 valence electrons. The van der Waals surface area contributed by atoms with Crippen molar-refractivity contribution in [2.75, 3.05) is 7.11 Å². The molecule has 1 N–H and O–H groups in total. The van der Waals surface area contributed by atoms with Crippen molar-refractivity contribution in [1.82, 2.24) is 5.32 Å². The lowest BCUT2D eigenvalue weighted by Gasteiger charge is -2.08. The third kappa shape index (κ3) is 3.52. The predicted molar refractivity (Wildman–Crippen MR) is 80.4 cm³/mol. The zero-order chi connectivity index (χ0) is 14.5. The van der Waals surface area contributed by atoms with Crippen molar-refractivity contribution in [2.45, 2.75) is 13.5 Å². The summed E-state index contributed by atoms with van der Waals surface area (Å²) in [5, 5.41) is 3.23. The van der Waals surface area contributed by atoms with Crippen molar-refractivity contribution in [3.8, 4) is 5.75 Å². The maximum atomic E-state index is 12.1. The van der Waals surface area contributed by atoms with Crippen molar-refractivity contribution in [1.29, 1.82) is 0 Å². The zero-order valence-electron chi connectivity index (χ0n) is 11.4. The van der Waals surface area contributed by atoms with Gasteiger partial charge in [0.05, 0.1) is 17.7 Å². The van der Waals surface area contributed by atoms with Crippen molar-refractivity contribution in [3.63, 3.8) is 0 Å². The number of carbonyl (C=O) groups is 1. The van der Waals surface area contributed by atoms with Crippen molar-refractivity contribution in [2.24, 2.45) is 0 Å². The van der Waals surface area contributed by atoms with Gasteiger partial charge in [0.2, 0.25) is 0 Å². The molecule has 0 spiro atoms. The van der Waals surface area contributed by atoms with Gasteiger partial charge in [0.25, 0.3) is 5.91 Å². The Morgan fingerprint density at radius 2 is 1.90 bits per heavy atom. The number of rotatable bonds is 4. The molecule has 0 saturated heterocycles. The Hall–Kier alpha value is -2.00. The van der Waals surface area contributed by atoms with Crippen LogP contribution in [0.4, 0.5) is 0 Å². The Morgan fingerprint density at radius 1 is 1.20 bits per heavy atom. The van der Waals surface area contributed by atoms with E-state index in [4.69, 9.17) is 16.3 Å². The van der Waals surface area contributed by atoms with Gasteiger partial charge in [0.15, 0.2) is 0 Å². The molecule has 0 atom stereocenters. The number of methoxy groups -OCH3 is 1. The van der Waals surface area contributed by atoms with Gasteiger partial charge in [-0.15, -0.1) is 0 Å². The van der Waals surface area contributed by atoms with E-state index in [1.807, 2.05) is 31.2 Å². The molecule has 4 heteroatoms. The third-order valence-electron chi connectivity index (χ3n) is 2.99. The van der Waals surface area contributed by atoms with E-state index in [9.17, 15) is 4.79 Å². The van der Waals surface area contributed by atoms with Crippen LogP contribution in [0.1, 0.15) is 21.5 Å². The van der Waals surface area contributed by atoms with Crippen LogP contribution in [0.3, 0.4) is 0 Å². The molecule has 3 nitrogen and oxygen atoms in total. The van der Waals surface area contributed by atoms with Crippen LogP contribution in [0.5, 0.6) is 5.75 Å². The highest BCUT2D eigenvalue weighted by molar-refractivity contribution is 6.34. The standard InChI is InChI=1S/C16H16ClNO2/c1-11-3-5-12(6-4-11)10-18-16(19)14-8-7-13(20-2)9-15(14)17/h3-9H,10H2,1-2H3,(H,18,19). The molecule has 20 heavy (non-hydrogen) atoms. The maximum absolute atomic E-state index is 12.1. The lowest BCUT2D eigenvalue weighted by molar-refractivity contribution is 0.0951. The first-order valence-electron chi connectivity index (χ1n) is 6.27. The minimum Gasteiger partial charge on any atom is -0.497 e. The molecule has 0 fully saturated rings. The Labute approximate surface area is 123 Å². The van der Waals surface area contributed by atoms with Crippen LogP contribution in [0.25, 0.3) is 0 Å². The second-order valence-electron chi connectivity index (χ2n) is 4.51. The van der Waals surface area contributed by atoms with E-state index >= 15 is 0 Å². The number of ether oxygens (including phenoxy) is 1. The summed E-state index contributed by atoms with van der Waals surface area (Å²) < 4.78 is 5.05. The number of halogens is 1. The van der Waals surface area contributed by atoms with Gasteiger partial charge >= 0.3 is 0 Å². The molecule has 0 radical (unpaired) electrons. The molecular formula is C16H16ClNO2. The molecule has 0 heterocycles. The molecule has 0 aliphatic rings. The summed E-state index contributed by atoms with van der Waals surface area (Å²) in [5.41, 5.74) is 2.69. The van der Waals surface area contributed by atoms with Crippen molar-refractivity contribution < 1.29 is 9.53 Å². The van der Waals surface area contributed by atoms with Gasteiger partial charge < -0.3 is 10.1 Å². The Morgan fingerprint density at radius 3 is 2.50 bits per heavy atom. The Kier molecular flexibility index (Phi) is 4.64. The number of benzene rings is 2. The van der Waals surface area contributed by atoms with Gasteiger partial charge in [-0.2, -0.15) is 0 Å². The molecule has 0 saturated carbocycles. The fourth-order valence-corrected chi connectivity index (χ4v) is 2.05. The molecule has 0 aromatic heterocycles. The van der Waals surface area contributed by atoms with Gasteiger partial charge in [-0.1, -0.05) is 41.4 Å². The normalized spacial score (nSPS) is 10.2. The highest BCUT2D eigenvalue weighted by atomic mass is 35.5. The van der Waals surface area contributed by atoms with Crippen LogP contribution in [0, 0.1) is 6.92 Å². The van der Waals surface area contributed by atoms with Crippen LogP contribution in [-0.4, -0.2) is 13.0 Å². The zero-order valence-corrected chi connectivity index (χ0v) is 12.2. The minimum absolute atomic E-state index is 0.196. The largest absolute Gasteiger partial charge is 0.497 e. The molecule has 0 unspecified atom stereocenters. The first-order chi connectivity index (χ1) is 9.60. The van der Waals surface area contributed by atoms with Gasteiger partial charge in [-0.25, -0.2) is 0 Å². The molecule has 2 rings (SSSR count). The van der Waals surface area contributed by atoms with Gasteiger partial charge in [0, 0.05) is 6.54 Å². The fourth-order valence-electron chi connectivity index (χ4n) is 1.79. The Balaban J connectivity index is 2.03. The smallest absolute Gasteiger partial charge is 0.253 e. The summed E-state index contributed by atoms with van der Waals surface area (Å²) in [7, 11) is 1.56. The van der Waals surface area contributed by atoms with Crippen LogP contribution >= 0.6 is 11.6 Å². The summed E-state index contributed by atoms with van der Waals surface area (Å²) in [6, 6.07) is 13.0. The first-order valence-corrected chi connectivity index (χ1v) is 6.65. The summed E-state index contributed by atoms with van der Waals surface area (Å²) in [5.74, 6) is 0.434. The quantitative estimate of drug-likeness (QED) is 0.934. The lowest BCUT2D eigenvalue weighted by Crippen LogP contribution is -2.23. The molecule has 1 amide bonds. The van der Waals surface area contributed by atoms with Gasteiger partial charge in [-0.3, -0.25) is 4.79 Å². The topological polar surface area (TPSA) is 38.3 Å². The molecular weight excluding hydrogens is 274 g/mol. The third-order valence-corrected chi connectivity index (χ3v) is 3.31. The Bertz CT molecular complexity index is 608. The van der Waals surface area contributed by atoms with Crippen molar-refractivity contribution >= 4 is 17.5 Å². The average Bonchev–Trinajstić information content (AvgIpc) is 2.46. The van der Waals surface area contributed by atoms with E-state index in [0.717, 1.165) is 5.56 Å². The van der Waals surface area contributed by atoms with Gasteiger partial charge in [-0.05, 0) is 30.7 Å². The van der Waals surface area contributed by atoms with E-state index in [0.29, 0.717) is 22.9 Å². The molecule has 0 bridgehead atoms. The fraction of sp³-hybridized carbons (Fsp3) is 0.188. The summed E-state index contributed by atoms with van der Waals surface area (Å²) in [6.45, 7) is 2.50. The highest BCUT2D eigenvalue weighted by Crippen LogP contribution is 2.22. The van der Waals surface area contributed by atoms with E-state index in [2.05, 4.69) is 5.32 Å². The lowest BCUT2D eigenvalue weighted by atomic mass is 10.1. The number of nitrogens with one attached hydrogen (secondary N) is 1. The molecule has 0 aliphatic carbocycles. The summed E-state index contributed by atoms with van der Waals surface area (Å²) in [6.07, 6.45) is 0. The number of hydrogen-bond donors (Lipinski definition) is 1. The average molecular weight is 290 g/mol. The SMILES string of the molecule is COc1ccc(C(=O)NCc2ccc(C)cc2)c(Cl)c1. The number of carbonyl (C=O) groups excluding carboxylic acids is 1. The van der Waals surface area contributed by atoms with Crippen LogP contribution in [-0.2, 0) is 6.54 Å². The molecule has 0 aliphatic heterocycles. The summed E-state index contributed by atoms with van der Waals surface area (Å²) >= 11 is 6.06. The van der Waals surface area contributed by atoms with Crippen LogP contribution in [0.15, 0.2) is 42.5 Å². The number of amides is 1. The summed E-state index contributed by atoms with van der Waals surface area (Å²) in [4.78, 5) is 12.1. The first kappa shape index (κ1) is 14.4. The predicted octanol–water partition coefficient (Wildman–Crippen LogP) is 3.59. The second kappa shape index (κ2) is 6.44. The maximum Gasteiger partial charge on any atom is 0.253 e. The van der Waals surface area contributed by atoms with Gasteiger partial charge in [0.1, 0.15) is 5.75 Å². The van der Waals surface area contributed by atoms with Crippen molar-refractivity contribution in [3.05, 3.63) is 64.2 Å². The van der Waals surface area contributed by atoms with E-state index in [-0.39, 0.29) is 5.91 Å².